The van der Waals surface area contributed by atoms with E-state index in [1.54, 1.807) is 0 Å². The number of aliphatic hydroxyl groups is 3. The second kappa shape index (κ2) is 7.38. The average Bonchev–Trinajstić information content (AvgIpc) is 2.84. The Bertz CT molecular complexity index is 826. The predicted octanol–water partition coefficient (Wildman–Crippen LogP) is -3.25. The van der Waals surface area contributed by atoms with Gasteiger partial charge in [0.15, 0.2) is 5.54 Å². The number of H-pyrrole nitrogens is 1. The minimum atomic E-state index is -1.84. The smallest absolute Gasteiger partial charge is 0.329 e. The van der Waals surface area contributed by atoms with Crippen molar-refractivity contribution in [2.24, 2.45) is 11.7 Å². The molecular weight excluding hydrogens is 348 g/mol. The molecule has 2 unspecified atom stereocenters. The highest BCUT2D eigenvalue weighted by Crippen LogP contribution is 2.40. The summed E-state index contributed by atoms with van der Waals surface area (Å²) in [4.78, 5) is 36.9. The van der Waals surface area contributed by atoms with Gasteiger partial charge in [-0.15, -0.1) is 0 Å². The van der Waals surface area contributed by atoms with Crippen LogP contribution in [0.4, 0.5) is 0 Å². The van der Waals surface area contributed by atoms with Crippen LogP contribution in [0.1, 0.15) is 13.3 Å². The molecule has 1 saturated carbocycles. The number of nitrogens with one attached hydrogen (secondary N) is 1. The minimum Gasteiger partial charge on any atom is -0.464 e. The van der Waals surface area contributed by atoms with Crippen molar-refractivity contribution in [2.45, 2.75) is 43.2 Å². The number of aromatic nitrogens is 2. The molecule has 2 rings (SSSR count). The monoisotopic (exact) mass is 368 g/mol. The molecule has 6 N–H and O–H groups in total. The number of rotatable bonds is 5. The molecule has 1 aliphatic rings. The van der Waals surface area contributed by atoms with Gasteiger partial charge in [0.05, 0.1) is 24.9 Å². The fourth-order valence-electron chi connectivity index (χ4n) is 2.96. The van der Waals surface area contributed by atoms with Crippen molar-refractivity contribution in [1.82, 2.24) is 9.55 Å². The molecule has 11 heteroatoms. The zero-order chi connectivity index (χ0) is 19.6. The maximum Gasteiger partial charge on any atom is 0.329 e. The molecule has 1 aliphatic carbocycles. The largest absolute Gasteiger partial charge is 0.464 e. The number of nitrogens with zero attached hydrogens (tertiary/aromatic N) is 2. The highest BCUT2D eigenvalue weighted by Gasteiger charge is 2.55. The molecule has 0 radical (unpaired) electrons. The van der Waals surface area contributed by atoms with Gasteiger partial charge < -0.3 is 25.8 Å². The summed E-state index contributed by atoms with van der Waals surface area (Å²) < 4.78 is 5.78. The SMILES string of the molecule is CC(O)[C@@H](N)C(=O)OC[C@H]1C[C@@](C#N)(n2ccc(=O)[nH]c2=O)[C@@H](O)C1O. The maximum absolute atomic E-state index is 12.0. The van der Waals surface area contributed by atoms with Crippen LogP contribution in [0.5, 0.6) is 0 Å². The normalized spacial score (nSPS) is 30.4. The molecule has 26 heavy (non-hydrogen) atoms. The fraction of sp³-hybridized carbons (Fsp3) is 0.600. The highest BCUT2D eigenvalue weighted by molar-refractivity contribution is 5.76. The van der Waals surface area contributed by atoms with Crippen molar-refractivity contribution in [2.75, 3.05) is 6.61 Å². The summed E-state index contributed by atoms with van der Waals surface area (Å²) in [7, 11) is 0. The van der Waals surface area contributed by atoms with Crippen LogP contribution in [0.15, 0.2) is 21.9 Å². The van der Waals surface area contributed by atoms with E-state index in [0.29, 0.717) is 0 Å². The number of ether oxygens (including phenoxy) is 1. The Labute approximate surface area is 147 Å². The molecule has 6 atom stereocenters. The molecule has 0 amide bonds. The van der Waals surface area contributed by atoms with Crippen molar-refractivity contribution in [3.8, 4) is 6.07 Å². The van der Waals surface area contributed by atoms with Crippen LogP contribution in [0.25, 0.3) is 0 Å². The molecule has 0 aromatic carbocycles. The van der Waals surface area contributed by atoms with Gasteiger partial charge in [-0.25, -0.2) is 4.79 Å². The van der Waals surface area contributed by atoms with E-state index in [0.717, 1.165) is 16.8 Å². The van der Waals surface area contributed by atoms with Crippen molar-refractivity contribution in [1.29, 1.82) is 5.26 Å². The van der Waals surface area contributed by atoms with Crippen LogP contribution in [0, 0.1) is 17.2 Å². The van der Waals surface area contributed by atoms with E-state index < -0.39 is 53.0 Å². The second-order valence-corrected chi connectivity index (χ2v) is 6.31. The average molecular weight is 368 g/mol. The number of hydrogen-bond acceptors (Lipinski definition) is 9. The molecule has 0 bridgehead atoms. The van der Waals surface area contributed by atoms with E-state index in [1.165, 1.54) is 6.92 Å². The van der Waals surface area contributed by atoms with E-state index in [-0.39, 0.29) is 13.0 Å². The lowest BCUT2D eigenvalue weighted by atomic mass is 9.95. The van der Waals surface area contributed by atoms with Crippen LogP contribution in [-0.2, 0) is 15.1 Å². The number of aliphatic hydroxyl groups excluding tert-OH is 3. The van der Waals surface area contributed by atoms with Crippen molar-refractivity contribution in [3.63, 3.8) is 0 Å². The Kier molecular flexibility index (Phi) is 5.62. The van der Waals surface area contributed by atoms with Crippen molar-refractivity contribution >= 4 is 5.97 Å². The van der Waals surface area contributed by atoms with Crippen LogP contribution in [0.2, 0.25) is 0 Å². The van der Waals surface area contributed by atoms with Gasteiger partial charge in [0.2, 0.25) is 0 Å². The van der Waals surface area contributed by atoms with Crippen LogP contribution in [0.3, 0.4) is 0 Å². The first-order valence-corrected chi connectivity index (χ1v) is 7.84. The Balaban J connectivity index is 2.25. The molecule has 11 nitrogen and oxygen atoms in total. The number of carbonyl (C=O) groups is 1. The number of aromatic amines is 1. The lowest BCUT2D eigenvalue weighted by molar-refractivity contribution is -0.150. The summed E-state index contributed by atoms with van der Waals surface area (Å²) in [6.45, 7) is 0.933. The number of carbonyl (C=O) groups excluding carboxylic acids is 1. The van der Waals surface area contributed by atoms with Gasteiger partial charge in [0.1, 0.15) is 12.1 Å². The standard InChI is InChI=1S/C15H20N4O7/c1-7(20)10(17)13(24)26-5-8-4-15(6-16,12(23)11(8)22)19-3-2-9(21)18-14(19)25/h2-3,7-8,10-12,20,22-23H,4-5,17H2,1H3,(H,18,21,25)/t7?,8-,10-,11?,12+,15+/m1/s1. The Hall–Kier alpha value is -2.52. The third-order valence-electron chi connectivity index (χ3n) is 4.55. The molecular formula is C15H20N4O7. The van der Waals surface area contributed by atoms with E-state index >= 15 is 0 Å². The molecule has 1 heterocycles. The molecule has 1 aromatic heterocycles. The Morgan fingerprint density at radius 2 is 2.23 bits per heavy atom. The predicted molar refractivity (Wildman–Crippen MR) is 85.6 cm³/mol. The summed E-state index contributed by atoms with van der Waals surface area (Å²) >= 11 is 0. The molecule has 1 fully saturated rings. The topological polar surface area (TPSA) is 192 Å². The first-order valence-electron chi connectivity index (χ1n) is 7.84. The Morgan fingerprint density at radius 1 is 1.58 bits per heavy atom. The van der Waals surface area contributed by atoms with E-state index in [2.05, 4.69) is 0 Å². The van der Waals surface area contributed by atoms with Crippen LogP contribution in [-0.4, -0.2) is 61.8 Å². The van der Waals surface area contributed by atoms with E-state index in [4.69, 9.17) is 10.5 Å². The number of nitrogens with two attached hydrogens (primary N) is 1. The van der Waals surface area contributed by atoms with E-state index in [9.17, 15) is 35.0 Å². The molecule has 0 aliphatic heterocycles. The molecule has 1 aromatic rings. The van der Waals surface area contributed by atoms with Gasteiger partial charge >= 0.3 is 11.7 Å². The number of nitriles is 1. The quantitative estimate of drug-likeness (QED) is 0.332. The van der Waals surface area contributed by atoms with Gasteiger partial charge in [-0.1, -0.05) is 0 Å². The summed E-state index contributed by atoms with van der Waals surface area (Å²) in [5.41, 5.74) is 2.01. The van der Waals surface area contributed by atoms with Crippen LogP contribution < -0.4 is 17.0 Å². The Morgan fingerprint density at radius 3 is 2.77 bits per heavy atom. The van der Waals surface area contributed by atoms with Gasteiger partial charge in [0, 0.05) is 18.2 Å². The van der Waals surface area contributed by atoms with Gasteiger partial charge in [-0.05, 0) is 13.3 Å². The zero-order valence-corrected chi connectivity index (χ0v) is 13.9. The number of hydrogen-bond donors (Lipinski definition) is 5. The third-order valence-corrected chi connectivity index (χ3v) is 4.55. The lowest BCUT2D eigenvalue weighted by Gasteiger charge is -2.27. The summed E-state index contributed by atoms with van der Waals surface area (Å²) in [6, 6.07) is 1.55. The van der Waals surface area contributed by atoms with E-state index in [1.807, 2.05) is 11.1 Å². The van der Waals surface area contributed by atoms with Crippen LogP contribution >= 0.6 is 0 Å². The lowest BCUT2D eigenvalue weighted by Crippen LogP contribution is -2.49. The van der Waals surface area contributed by atoms with Crippen molar-refractivity contribution < 1.29 is 24.9 Å². The molecule has 142 valence electrons. The molecule has 0 spiro atoms. The molecule has 0 saturated heterocycles. The minimum absolute atomic E-state index is 0.213. The number of esters is 1. The zero-order valence-electron chi connectivity index (χ0n) is 13.9. The van der Waals surface area contributed by atoms with Gasteiger partial charge in [-0.2, -0.15) is 5.26 Å². The first kappa shape index (κ1) is 19.8. The van der Waals surface area contributed by atoms with Crippen molar-refractivity contribution in [3.05, 3.63) is 33.1 Å². The third kappa shape index (κ3) is 3.40. The summed E-state index contributed by atoms with van der Waals surface area (Å²) in [6.07, 6.45) is -3.43. The maximum atomic E-state index is 12.0. The second-order valence-electron chi connectivity index (χ2n) is 6.31. The fourth-order valence-corrected chi connectivity index (χ4v) is 2.96. The van der Waals surface area contributed by atoms with Gasteiger partial charge in [0.25, 0.3) is 5.56 Å². The summed E-state index contributed by atoms with van der Waals surface area (Å²) in [5, 5.41) is 39.4. The highest BCUT2D eigenvalue weighted by atomic mass is 16.5. The van der Waals surface area contributed by atoms with Gasteiger partial charge in [-0.3, -0.25) is 19.1 Å². The first-order chi connectivity index (χ1) is 12.1. The summed E-state index contributed by atoms with van der Waals surface area (Å²) in [5.74, 6) is -1.77.